The van der Waals surface area contributed by atoms with Crippen molar-refractivity contribution < 1.29 is 9.31 Å². The van der Waals surface area contributed by atoms with Crippen LogP contribution in [0.25, 0.3) is 0 Å². The predicted octanol–water partition coefficient (Wildman–Crippen LogP) is 3.55. The molecule has 1 saturated heterocycles. The minimum Gasteiger partial charge on any atom is -0.411 e. The molecule has 0 radical (unpaired) electrons. The maximum atomic E-state index is 6.07. The lowest BCUT2D eigenvalue weighted by Crippen LogP contribution is -2.37. The molecule has 1 aromatic carbocycles. The van der Waals surface area contributed by atoms with Gasteiger partial charge in [-0.25, -0.2) is 0 Å². The molecule has 3 heteroatoms. The van der Waals surface area contributed by atoms with E-state index in [0.717, 1.165) is 12.9 Å². The normalized spacial score (nSPS) is 25.3. The molecule has 1 aliphatic heterocycles. The molecule has 1 fully saturated rings. The van der Waals surface area contributed by atoms with Crippen molar-refractivity contribution in [1.29, 1.82) is 0 Å². The number of rotatable bonds is 3. The van der Waals surface area contributed by atoms with Gasteiger partial charge in [-0.3, -0.25) is 0 Å². The van der Waals surface area contributed by atoms with Crippen molar-refractivity contribution in [1.82, 2.24) is 0 Å². The maximum Gasteiger partial charge on any atom is 0.457 e. The first-order chi connectivity index (χ1) is 8.16. The second kappa shape index (κ2) is 5.70. The van der Waals surface area contributed by atoms with E-state index < -0.39 is 0 Å². The molecule has 0 unspecified atom stereocenters. The van der Waals surface area contributed by atoms with Crippen molar-refractivity contribution in [2.24, 2.45) is 11.8 Å². The highest BCUT2D eigenvalue weighted by Gasteiger charge is 2.33. The Labute approximate surface area is 104 Å². The highest BCUT2D eigenvalue weighted by Crippen LogP contribution is 2.32. The van der Waals surface area contributed by atoms with Gasteiger partial charge in [0.2, 0.25) is 0 Å². The first-order valence-corrected chi connectivity index (χ1v) is 6.49. The van der Waals surface area contributed by atoms with Crippen LogP contribution in [0.5, 0.6) is 0 Å². The summed E-state index contributed by atoms with van der Waals surface area (Å²) in [6, 6.07) is 10.5. The Kier molecular flexibility index (Phi) is 4.24. The summed E-state index contributed by atoms with van der Waals surface area (Å²) in [5.74, 6) is 1.02. The topological polar surface area (TPSA) is 18.5 Å². The third-order valence-electron chi connectivity index (χ3n) is 3.15. The molecule has 2 nitrogen and oxygen atoms in total. The quantitative estimate of drug-likeness (QED) is 0.742. The molecule has 2 atom stereocenters. The molecule has 0 aliphatic carbocycles. The highest BCUT2D eigenvalue weighted by molar-refractivity contribution is 6.44. The van der Waals surface area contributed by atoms with Crippen LogP contribution in [0.3, 0.4) is 0 Å². The van der Waals surface area contributed by atoms with E-state index in [-0.39, 0.29) is 13.2 Å². The zero-order valence-corrected chi connectivity index (χ0v) is 10.9. The van der Waals surface area contributed by atoms with Crippen molar-refractivity contribution in [2.75, 3.05) is 6.61 Å². The van der Waals surface area contributed by atoms with Gasteiger partial charge in [0.25, 0.3) is 0 Å². The van der Waals surface area contributed by atoms with Gasteiger partial charge in [0.15, 0.2) is 0 Å². The summed E-state index contributed by atoms with van der Waals surface area (Å²) in [6.45, 7) is 7.37. The van der Waals surface area contributed by atoms with Crippen LogP contribution in [0.1, 0.15) is 32.4 Å². The molecule has 0 aromatic heterocycles. The molecule has 2 rings (SSSR count). The fourth-order valence-electron chi connectivity index (χ4n) is 2.24. The fraction of sp³-hybridized carbons (Fsp3) is 0.571. The van der Waals surface area contributed by atoms with Crippen molar-refractivity contribution >= 4 is 7.12 Å². The smallest absolute Gasteiger partial charge is 0.411 e. The SMILES string of the molecule is CC(C)CB1OC[C@H](C)[C@H](c2ccccc2)O1. The molecule has 1 heterocycles. The molecule has 0 spiro atoms. The summed E-state index contributed by atoms with van der Waals surface area (Å²) >= 11 is 0. The first-order valence-electron chi connectivity index (χ1n) is 6.49. The molecule has 0 saturated carbocycles. The second-order valence-electron chi connectivity index (χ2n) is 5.34. The Bertz CT molecular complexity index is 339. The second-order valence-corrected chi connectivity index (χ2v) is 5.34. The Balaban J connectivity index is 2.05. The van der Waals surface area contributed by atoms with Crippen molar-refractivity contribution in [3.8, 4) is 0 Å². The highest BCUT2D eigenvalue weighted by atomic mass is 16.6. The molecule has 0 amide bonds. The summed E-state index contributed by atoms with van der Waals surface area (Å²) in [6.07, 6.45) is 1.14. The van der Waals surface area contributed by atoms with E-state index in [9.17, 15) is 0 Å². The van der Waals surface area contributed by atoms with E-state index in [2.05, 4.69) is 45.0 Å². The van der Waals surface area contributed by atoms with Gasteiger partial charge in [-0.05, 0) is 17.8 Å². The zero-order chi connectivity index (χ0) is 12.3. The lowest BCUT2D eigenvalue weighted by molar-refractivity contribution is 0.0178. The Morgan fingerprint density at radius 1 is 1.29 bits per heavy atom. The van der Waals surface area contributed by atoms with Crippen molar-refractivity contribution in [2.45, 2.75) is 33.2 Å². The summed E-state index contributed by atoms with van der Waals surface area (Å²) in [5.41, 5.74) is 1.26. The number of hydrogen-bond acceptors (Lipinski definition) is 2. The minimum absolute atomic E-state index is 0.0450. The van der Waals surface area contributed by atoms with Gasteiger partial charge in [-0.15, -0.1) is 0 Å². The first kappa shape index (κ1) is 12.7. The zero-order valence-electron chi connectivity index (χ0n) is 10.9. The van der Waals surface area contributed by atoms with Crippen molar-refractivity contribution in [3.63, 3.8) is 0 Å². The van der Waals surface area contributed by atoms with Crippen LogP contribution in [-0.2, 0) is 9.31 Å². The van der Waals surface area contributed by atoms with Crippen LogP contribution in [0.2, 0.25) is 6.32 Å². The summed E-state index contributed by atoms with van der Waals surface area (Å²) in [5, 5.41) is 0. The van der Waals surface area contributed by atoms with Gasteiger partial charge in [0.05, 0.1) is 6.10 Å². The third kappa shape index (κ3) is 3.33. The van der Waals surface area contributed by atoms with Crippen LogP contribution in [0.15, 0.2) is 30.3 Å². The summed E-state index contributed by atoms with van der Waals surface area (Å²) < 4.78 is 11.8. The van der Waals surface area contributed by atoms with Gasteiger partial charge in [0, 0.05) is 12.5 Å². The molecule has 0 bridgehead atoms. The lowest BCUT2D eigenvalue weighted by atomic mass is 9.75. The van der Waals surface area contributed by atoms with E-state index in [1.54, 1.807) is 0 Å². The van der Waals surface area contributed by atoms with E-state index in [1.807, 2.05) is 6.07 Å². The van der Waals surface area contributed by atoms with Crippen LogP contribution >= 0.6 is 0 Å². The van der Waals surface area contributed by atoms with Crippen LogP contribution < -0.4 is 0 Å². The Morgan fingerprint density at radius 3 is 2.65 bits per heavy atom. The predicted molar refractivity (Wildman–Crippen MR) is 70.8 cm³/mol. The molecule has 0 N–H and O–H groups in total. The van der Waals surface area contributed by atoms with Crippen LogP contribution in [-0.4, -0.2) is 13.7 Å². The molecule has 1 aromatic rings. The monoisotopic (exact) mass is 232 g/mol. The molecule has 1 aliphatic rings. The van der Waals surface area contributed by atoms with E-state index in [1.165, 1.54) is 5.56 Å². The molecular weight excluding hydrogens is 211 g/mol. The Morgan fingerprint density at radius 2 is 2.00 bits per heavy atom. The maximum absolute atomic E-state index is 6.07. The van der Waals surface area contributed by atoms with E-state index in [4.69, 9.17) is 9.31 Å². The third-order valence-corrected chi connectivity index (χ3v) is 3.15. The molecule has 17 heavy (non-hydrogen) atoms. The average Bonchev–Trinajstić information content (AvgIpc) is 2.32. The van der Waals surface area contributed by atoms with Gasteiger partial charge in [0.1, 0.15) is 0 Å². The molecule has 92 valence electrons. The average molecular weight is 232 g/mol. The fourth-order valence-corrected chi connectivity index (χ4v) is 2.24. The van der Waals surface area contributed by atoms with Gasteiger partial charge in [-0.2, -0.15) is 0 Å². The largest absolute Gasteiger partial charge is 0.457 e. The summed E-state index contributed by atoms with van der Waals surface area (Å²) in [7, 11) is -0.0450. The van der Waals surface area contributed by atoms with Gasteiger partial charge < -0.3 is 9.31 Å². The number of hydrogen-bond donors (Lipinski definition) is 0. The summed E-state index contributed by atoms with van der Waals surface area (Å²) in [4.78, 5) is 0. The van der Waals surface area contributed by atoms with Crippen LogP contribution in [0.4, 0.5) is 0 Å². The van der Waals surface area contributed by atoms with E-state index in [0.29, 0.717) is 11.8 Å². The van der Waals surface area contributed by atoms with Crippen LogP contribution in [0, 0.1) is 11.8 Å². The van der Waals surface area contributed by atoms with Gasteiger partial charge in [-0.1, -0.05) is 51.1 Å². The van der Waals surface area contributed by atoms with Gasteiger partial charge >= 0.3 is 7.12 Å². The standard InChI is InChI=1S/C14H21BO2/c1-11(2)9-15-16-10-12(3)14(17-15)13-7-5-4-6-8-13/h4-8,11-12,14H,9-10H2,1-3H3/t12-,14+/m0/s1. The van der Waals surface area contributed by atoms with E-state index >= 15 is 0 Å². The number of benzene rings is 1. The molecular formula is C14H21BO2. The van der Waals surface area contributed by atoms with Crippen molar-refractivity contribution in [3.05, 3.63) is 35.9 Å². The minimum atomic E-state index is -0.0450. The Hall–Kier alpha value is -0.795. The lowest BCUT2D eigenvalue weighted by Gasteiger charge is -2.34.